The molecule has 0 aliphatic rings. The van der Waals surface area contributed by atoms with E-state index >= 15 is 0 Å². The molecule has 1 aromatic heterocycles. The molecule has 0 N–H and O–H groups in total. The molecule has 0 fully saturated rings. The zero-order valence-electron chi connectivity index (χ0n) is 12.7. The smallest absolute Gasteiger partial charge is 0.150 e. The van der Waals surface area contributed by atoms with Crippen LogP contribution in [0.1, 0.15) is 27.6 Å². The molecule has 0 radical (unpaired) electrons. The second-order valence-corrected chi connectivity index (χ2v) is 5.27. The molecule has 0 saturated carbocycles. The lowest BCUT2D eigenvalue weighted by Gasteiger charge is -2.07. The predicted molar refractivity (Wildman–Crippen MR) is 85.9 cm³/mol. The first kappa shape index (κ1) is 14.2. The molecule has 0 aliphatic carbocycles. The van der Waals surface area contributed by atoms with Crippen LogP contribution < -0.4 is 0 Å². The van der Waals surface area contributed by atoms with Crippen molar-refractivity contribution in [1.29, 1.82) is 0 Å². The monoisotopic (exact) mass is 291 g/mol. The minimum absolute atomic E-state index is 0.697. The van der Waals surface area contributed by atoms with E-state index in [1.54, 1.807) is 0 Å². The Morgan fingerprint density at radius 3 is 2.41 bits per heavy atom. The van der Waals surface area contributed by atoms with Crippen LogP contribution in [0.2, 0.25) is 0 Å². The number of aromatic nitrogens is 3. The lowest BCUT2D eigenvalue weighted by atomic mass is 9.99. The molecule has 4 nitrogen and oxygen atoms in total. The summed E-state index contributed by atoms with van der Waals surface area (Å²) >= 11 is 0. The van der Waals surface area contributed by atoms with Gasteiger partial charge in [0.2, 0.25) is 0 Å². The van der Waals surface area contributed by atoms with Crippen LogP contribution in [0.5, 0.6) is 0 Å². The second kappa shape index (κ2) is 5.93. The van der Waals surface area contributed by atoms with Gasteiger partial charge in [-0.2, -0.15) is 5.10 Å². The van der Waals surface area contributed by atoms with Crippen LogP contribution in [0.3, 0.4) is 0 Å². The average Bonchev–Trinajstić information content (AvgIpc) is 2.85. The van der Waals surface area contributed by atoms with Gasteiger partial charge in [-0.05, 0) is 30.5 Å². The maximum atomic E-state index is 11.1. The largest absolute Gasteiger partial charge is 0.298 e. The third-order valence-electron chi connectivity index (χ3n) is 3.65. The first-order valence-corrected chi connectivity index (χ1v) is 7.19. The van der Waals surface area contributed by atoms with Crippen molar-refractivity contribution in [1.82, 2.24) is 14.8 Å². The molecule has 0 saturated heterocycles. The minimum atomic E-state index is 0.697. The summed E-state index contributed by atoms with van der Waals surface area (Å²) in [5.41, 5.74) is 3.85. The third kappa shape index (κ3) is 2.81. The SMILES string of the molecule is Cc1nc(C)n(Cc2ccc(-c3ccccc3C=O)cc2)n1. The van der Waals surface area contributed by atoms with Gasteiger partial charge in [-0.15, -0.1) is 0 Å². The first-order valence-electron chi connectivity index (χ1n) is 7.19. The maximum absolute atomic E-state index is 11.1. The number of aryl methyl sites for hydroxylation is 2. The van der Waals surface area contributed by atoms with E-state index in [-0.39, 0.29) is 0 Å². The lowest BCUT2D eigenvalue weighted by Crippen LogP contribution is -2.04. The van der Waals surface area contributed by atoms with Crippen molar-refractivity contribution in [2.75, 3.05) is 0 Å². The van der Waals surface area contributed by atoms with Gasteiger partial charge in [0.1, 0.15) is 11.6 Å². The number of hydrogen-bond donors (Lipinski definition) is 0. The predicted octanol–water partition coefficient (Wildman–Crippen LogP) is 3.42. The third-order valence-corrected chi connectivity index (χ3v) is 3.65. The van der Waals surface area contributed by atoms with Gasteiger partial charge in [0.25, 0.3) is 0 Å². The average molecular weight is 291 g/mol. The summed E-state index contributed by atoms with van der Waals surface area (Å²) < 4.78 is 1.89. The molecule has 0 amide bonds. The zero-order valence-corrected chi connectivity index (χ0v) is 12.7. The number of aldehydes is 1. The normalized spacial score (nSPS) is 10.6. The Bertz CT molecular complexity index is 803. The van der Waals surface area contributed by atoms with E-state index in [0.717, 1.165) is 34.6 Å². The second-order valence-electron chi connectivity index (χ2n) is 5.27. The van der Waals surface area contributed by atoms with Crippen LogP contribution in [0.4, 0.5) is 0 Å². The summed E-state index contributed by atoms with van der Waals surface area (Å²) in [7, 11) is 0. The van der Waals surface area contributed by atoms with Crippen LogP contribution in [0.25, 0.3) is 11.1 Å². The summed E-state index contributed by atoms with van der Waals surface area (Å²) in [5.74, 6) is 1.70. The molecule has 0 aliphatic heterocycles. The molecular weight excluding hydrogens is 274 g/mol. The summed E-state index contributed by atoms with van der Waals surface area (Å²) in [6.07, 6.45) is 0.894. The van der Waals surface area contributed by atoms with E-state index in [2.05, 4.69) is 22.2 Å². The van der Waals surface area contributed by atoms with Gasteiger partial charge in [0.15, 0.2) is 6.29 Å². The van der Waals surface area contributed by atoms with Gasteiger partial charge in [-0.3, -0.25) is 4.79 Å². The topological polar surface area (TPSA) is 47.8 Å². The zero-order chi connectivity index (χ0) is 15.5. The molecule has 3 rings (SSSR count). The van der Waals surface area contributed by atoms with Crippen LogP contribution >= 0.6 is 0 Å². The summed E-state index contributed by atoms with van der Waals surface area (Å²) in [5, 5.41) is 4.37. The van der Waals surface area contributed by atoms with E-state index in [1.165, 1.54) is 0 Å². The van der Waals surface area contributed by atoms with Crippen molar-refractivity contribution in [2.24, 2.45) is 0 Å². The molecule has 0 atom stereocenters. The van der Waals surface area contributed by atoms with E-state index < -0.39 is 0 Å². The van der Waals surface area contributed by atoms with Gasteiger partial charge in [-0.25, -0.2) is 9.67 Å². The molecular formula is C18H17N3O. The quantitative estimate of drug-likeness (QED) is 0.692. The van der Waals surface area contributed by atoms with Gasteiger partial charge >= 0.3 is 0 Å². The molecule has 2 aromatic carbocycles. The number of carbonyl (C=O) groups excluding carboxylic acids is 1. The molecule has 3 aromatic rings. The number of nitrogens with zero attached hydrogens (tertiary/aromatic N) is 3. The van der Waals surface area contributed by atoms with Crippen molar-refractivity contribution in [3.63, 3.8) is 0 Å². The van der Waals surface area contributed by atoms with Crippen molar-refractivity contribution < 1.29 is 4.79 Å². The lowest BCUT2D eigenvalue weighted by molar-refractivity contribution is 0.112. The molecule has 0 spiro atoms. The van der Waals surface area contributed by atoms with Crippen molar-refractivity contribution in [2.45, 2.75) is 20.4 Å². The number of carbonyl (C=O) groups is 1. The van der Waals surface area contributed by atoms with Crippen molar-refractivity contribution in [3.8, 4) is 11.1 Å². The summed E-state index contributed by atoms with van der Waals surface area (Å²) in [6.45, 7) is 4.54. The van der Waals surface area contributed by atoms with E-state index in [9.17, 15) is 4.79 Å². The number of hydrogen-bond acceptors (Lipinski definition) is 3. The maximum Gasteiger partial charge on any atom is 0.150 e. The Kier molecular flexibility index (Phi) is 3.83. The molecule has 4 heteroatoms. The van der Waals surface area contributed by atoms with Gasteiger partial charge in [0.05, 0.1) is 6.54 Å². The number of rotatable bonds is 4. The van der Waals surface area contributed by atoms with E-state index in [1.807, 2.05) is 54.9 Å². The van der Waals surface area contributed by atoms with E-state index in [0.29, 0.717) is 12.1 Å². The Morgan fingerprint density at radius 1 is 1.05 bits per heavy atom. The Labute approximate surface area is 129 Å². The van der Waals surface area contributed by atoms with Crippen molar-refractivity contribution in [3.05, 3.63) is 71.3 Å². The van der Waals surface area contributed by atoms with Crippen molar-refractivity contribution >= 4 is 6.29 Å². The van der Waals surface area contributed by atoms with Crippen LogP contribution in [0.15, 0.2) is 48.5 Å². The highest BCUT2D eigenvalue weighted by Gasteiger charge is 2.06. The van der Waals surface area contributed by atoms with E-state index in [4.69, 9.17) is 0 Å². The number of benzene rings is 2. The van der Waals surface area contributed by atoms with Crippen LogP contribution in [0, 0.1) is 13.8 Å². The molecule has 110 valence electrons. The Balaban J connectivity index is 1.87. The summed E-state index contributed by atoms with van der Waals surface area (Å²) in [6, 6.07) is 15.8. The highest BCUT2D eigenvalue weighted by molar-refractivity contribution is 5.87. The molecule has 22 heavy (non-hydrogen) atoms. The van der Waals surface area contributed by atoms with Crippen LogP contribution in [-0.4, -0.2) is 21.1 Å². The standard InChI is InChI=1S/C18H17N3O/c1-13-19-14(2)21(20-13)11-15-7-9-16(10-8-15)18-6-4-3-5-17(18)12-22/h3-10,12H,11H2,1-2H3. The highest BCUT2D eigenvalue weighted by atomic mass is 16.1. The molecule has 0 bridgehead atoms. The Hall–Kier alpha value is -2.75. The fraction of sp³-hybridized carbons (Fsp3) is 0.167. The molecule has 0 unspecified atom stereocenters. The van der Waals surface area contributed by atoms with Gasteiger partial charge < -0.3 is 0 Å². The Morgan fingerprint density at radius 2 is 1.77 bits per heavy atom. The van der Waals surface area contributed by atoms with Gasteiger partial charge in [-0.1, -0.05) is 48.5 Å². The fourth-order valence-electron chi connectivity index (χ4n) is 2.54. The summed E-state index contributed by atoms with van der Waals surface area (Å²) in [4.78, 5) is 15.4. The van der Waals surface area contributed by atoms with Crippen LogP contribution in [-0.2, 0) is 6.54 Å². The first-order chi connectivity index (χ1) is 10.7. The highest BCUT2D eigenvalue weighted by Crippen LogP contribution is 2.23. The van der Waals surface area contributed by atoms with Gasteiger partial charge in [0, 0.05) is 5.56 Å². The fourth-order valence-corrected chi connectivity index (χ4v) is 2.54. The molecule has 1 heterocycles. The minimum Gasteiger partial charge on any atom is -0.298 e.